The smallest absolute Gasteiger partial charge is 0.246 e. The summed E-state index contributed by atoms with van der Waals surface area (Å²) in [6, 6.07) is 5.35. The van der Waals surface area contributed by atoms with Crippen molar-refractivity contribution in [1.82, 2.24) is 31.1 Å². The van der Waals surface area contributed by atoms with Gasteiger partial charge in [-0.25, -0.2) is 0 Å². The maximum Gasteiger partial charge on any atom is 0.246 e. The second-order valence-electron chi connectivity index (χ2n) is 15.8. The lowest BCUT2D eigenvalue weighted by Gasteiger charge is -2.34. The van der Waals surface area contributed by atoms with E-state index in [1.165, 1.54) is 0 Å². The highest BCUT2D eigenvalue weighted by Crippen LogP contribution is 2.41. The predicted octanol–water partition coefficient (Wildman–Crippen LogP) is 2.10. The third-order valence-corrected chi connectivity index (χ3v) is 9.36. The Hall–Kier alpha value is -3.80. The number of ketones is 1. The summed E-state index contributed by atoms with van der Waals surface area (Å²) < 4.78 is 0. The van der Waals surface area contributed by atoms with E-state index in [1.54, 1.807) is 4.90 Å². The van der Waals surface area contributed by atoms with Gasteiger partial charge in [-0.2, -0.15) is 0 Å². The number of hydrogen-bond donors (Lipinski definition) is 4. The molecule has 0 aliphatic carbocycles. The number of Topliss-reactive ketones (excluding diaryl/α,β-unsaturated/α-hetero) is 1. The van der Waals surface area contributed by atoms with Gasteiger partial charge in [0.2, 0.25) is 29.5 Å². The monoisotopic (exact) mass is 680 g/mol. The quantitative estimate of drug-likeness (QED) is 0.322. The van der Waals surface area contributed by atoms with Gasteiger partial charge in [-0.3, -0.25) is 33.7 Å². The molecule has 49 heavy (non-hydrogen) atoms. The molecule has 5 amide bonds. The second-order valence-corrected chi connectivity index (χ2v) is 15.8. The number of nitrogens with one attached hydrogen (secondary N) is 4. The number of fused-ring (bicyclic) bond motifs is 2. The fraction of sp³-hybridized carbons (Fsp3) is 0.676. The zero-order valence-corrected chi connectivity index (χ0v) is 30.2. The first-order valence-corrected chi connectivity index (χ1v) is 17.9. The van der Waals surface area contributed by atoms with Crippen LogP contribution >= 0.6 is 0 Å². The topological polar surface area (TPSA) is 157 Å². The van der Waals surface area contributed by atoms with Gasteiger partial charge in [-0.15, -0.1) is 0 Å². The maximum absolute atomic E-state index is 14.6. The summed E-state index contributed by atoms with van der Waals surface area (Å²) in [5.74, 6) is -1.86. The predicted molar refractivity (Wildman–Crippen MR) is 186 cm³/mol. The van der Waals surface area contributed by atoms with E-state index in [2.05, 4.69) is 35.1 Å². The van der Waals surface area contributed by atoms with Crippen molar-refractivity contribution in [2.24, 2.45) is 11.8 Å². The largest absolute Gasteiger partial charge is 0.350 e. The first kappa shape index (κ1) is 38.0. The lowest BCUT2D eigenvalue weighted by molar-refractivity contribution is -0.136. The SMILES string of the molecule is CC(C)C[C@@H]1NC(=O)CNC(=O)[C@@H]2CCCN2[C@@H](C(=O)NC(C)(C)C)[C@@H]2[C@@H](CC(C)C)N2C(=O)[C@H](Cc2ccccc2)NC(=O)CCC1=O. The van der Waals surface area contributed by atoms with E-state index >= 15 is 0 Å². The molecule has 3 heterocycles. The summed E-state index contributed by atoms with van der Waals surface area (Å²) in [5, 5.41) is 11.5. The van der Waals surface area contributed by atoms with Gasteiger partial charge in [0.15, 0.2) is 5.78 Å². The Kier molecular flexibility index (Phi) is 12.6. The molecule has 0 saturated carbocycles. The molecule has 4 rings (SSSR count). The molecular formula is C37H56N6O6. The van der Waals surface area contributed by atoms with Gasteiger partial charge in [0.25, 0.3) is 0 Å². The molecule has 1 aromatic carbocycles. The number of benzene rings is 1. The Labute approximate surface area is 290 Å². The molecule has 0 aromatic heterocycles. The minimum Gasteiger partial charge on any atom is -0.350 e. The van der Waals surface area contributed by atoms with Gasteiger partial charge in [0.1, 0.15) is 12.1 Å². The molecule has 4 N–H and O–H groups in total. The van der Waals surface area contributed by atoms with E-state index in [1.807, 2.05) is 69.9 Å². The number of amides is 5. The van der Waals surface area contributed by atoms with Crippen LogP contribution in [0.2, 0.25) is 0 Å². The Morgan fingerprint density at radius 1 is 0.898 bits per heavy atom. The van der Waals surface area contributed by atoms with Crippen LogP contribution in [0.25, 0.3) is 0 Å². The van der Waals surface area contributed by atoms with Crippen molar-refractivity contribution in [3.05, 3.63) is 35.9 Å². The molecule has 0 bridgehead atoms. The normalized spacial score (nSPS) is 27.9. The summed E-state index contributed by atoms with van der Waals surface area (Å²) in [6.45, 7) is 13.8. The molecule has 3 aliphatic heterocycles. The van der Waals surface area contributed by atoms with Crippen LogP contribution in [0.4, 0.5) is 0 Å². The van der Waals surface area contributed by atoms with Crippen molar-refractivity contribution in [1.29, 1.82) is 0 Å². The molecule has 270 valence electrons. The number of carbonyl (C=O) groups excluding carboxylic acids is 6. The van der Waals surface area contributed by atoms with Crippen molar-refractivity contribution in [2.75, 3.05) is 13.1 Å². The van der Waals surface area contributed by atoms with E-state index in [0.717, 1.165) is 5.56 Å². The van der Waals surface area contributed by atoms with Crippen LogP contribution in [0, 0.1) is 11.8 Å². The molecule has 0 radical (unpaired) electrons. The molecule has 1 aromatic rings. The highest BCUT2D eigenvalue weighted by atomic mass is 16.2. The average Bonchev–Trinajstić information content (AvgIpc) is 3.45. The Morgan fingerprint density at radius 2 is 1.55 bits per heavy atom. The van der Waals surface area contributed by atoms with E-state index in [4.69, 9.17) is 0 Å². The number of nitrogens with zero attached hydrogens (tertiary/aromatic N) is 2. The molecular weight excluding hydrogens is 624 g/mol. The Bertz CT molecular complexity index is 1370. The van der Waals surface area contributed by atoms with E-state index < -0.39 is 47.6 Å². The van der Waals surface area contributed by atoms with Crippen LogP contribution in [0.5, 0.6) is 0 Å². The van der Waals surface area contributed by atoms with Crippen LogP contribution in [0.1, 0.15) is 92.6 Å². The number of hydrogen-bond acceptors (Lipinski definition) is 7. The fourth-order valence-corrected chi connectivity index (χ4v) is 7.24. The second kappa shape index (κ2) is 16.3. The van der Waals surface area contributed by atoms with Crippen molar-refractivity contribution >= 4 is 35.3 Å². The minimum absolute atomic E-state index is 0.0888. The Morgan fingerprint density at radius 3 is 2.18 bits per heavy atom. The number of carbonyl (C=O) groups is 6. The molecule has 0 unspecified atom stereocenters. The third kappa shape index (κ3) is 10.4. The molecule has 6 atom stereocenters. The lowest BCUT2D eigenvalue weighted by Crippen LogP contribution is -2.59. The fourth-order valence-electron chi connectivity index (χ4n) is 7.24. The van der Waals surface area contributed by atoms with Crippen LogP contribution in [0.15, 0.2) is 30.3 Å². The van der Waals surface area contributed by atoms with Crippen molar-refractivity contribution in [3.8, 4) is 0 Å². The van der Waals surface area contributed by atoms with Gasteiger partial charge >= 0.3 is 0 Å². The minimum atomic E-state index is -0.932. The molecule has 0 spiro atoms. The molecule has 3 aliphatic rings. The van der Waals surface area contributed by atoms with Crippen LogP contribution < -0.4 is 21.3 Å². The highest BCUT2D eigenvalue weighted by molar-refractivity contribution is 5.96. The average molecular weight is 681 g/mol. The van der Waals surface area contributed by atoms with Crippen LogP contribution in [-0.4, -0.2) is 100.0 Å². The summed E-state index contributed by atoms with van der Waals surface area (Å²) >= 11 is 0. The van der Waals surface area contributed by atoms with Gasteiger partial charge in [0, 0.05) is 24.8 Å². The van der Waals surface area contributed by atoms with Crippen molar-refractivity contribution in [3.63, 3.8) is 0 Å². The van der Waals surface area contributed by atoms with Gasteiger partial charge in [-0.05, 0) is 70.4 Å². The highest BCUT2D eigenvalue weighted by Gasteiger charge is 2.60. The zero-order valence-electron chi connectivity index (χ0n) is 30.2. The van der Waals surface area contributed by atoms with Crippen molar-refractivity contribution in [2.45, 2.75) is 135 Å². The molecule has 12 heteroatoms. The first-order chi connectivity index (χ1) is 23.1. The summed E-state index contributed by atoms with van der Waals surface area (Å²) in [7, 11) is 0. The third-order valence-electron chi connectivity index (χ3n) is 9.36. The zero-order chi connectivity index (χ0) is 36.0. The molecule has 3 fully saturated rings. The van der Waals surface area contributed by atoms with Gasteiger partial charge in [-0.1, -0.05) is 58.0 Å². The van der Waals surface area contributed by atoms with Crippen molar-refractivity contribution < 1.29 is 28.8 Å². The summed E-state index contributed by atoms with van der Waals surface area (Å²) in [4.78, 5) is 85.8. The standard InChI is InChI=1S/C37H56N6O6/c1-22(2)18-25-29(44)15-16-30(45)40-26(20-24-12-9-8-10-13-24)36(49)43-28(19-23(3)4)32(43)33(35(48)41-37(5,6)7)42-17-11-14-27(42)34(47)38-21-31(46)39-25/h8-10,12-13,22-23,25-28,32-33H,11,14-21H2,1-7H3,(H,38,47)(H,39,46)(H,40,45)(H,41,48)/t25-,26-,27-,28+,32-,33+,43?/m0/s1. The summed E-state index contributed by atoms with van der Waals surface area (Å²) in [5.41, 5.74) is 0.292. The van der Waals surface area contributed by atoms with Crippen LogP contribution in [0.3, 0.4) is 0 Å². The van der Waals surface area contributed by atoms with Gasteiger partial charge < -0.3 is 26.2 Å². The molecule has 3 saturated heterocycles. The lowest BCUT2D eigenvalue weighted by atomic mass is 9.97. The number of rotatable bonds is 7. The maximum atomic E-state index is 14.6. The van der Waals surface area contributed by atoms with E-state index in [0.29, 0.717) is 32.2 Å². The summed E-state index contributed by atoms with van der Waals surface area (Å²) in [6.07, 6.45) is 2.14. The Balaban J connectivity index is 1.75. The van der Waals surface area contributed by atoms with Gasteiger partial charge in [0.05, 0.1) is 30.7 Å². The van der Waals surface area contributed by atoms with E-state index in [-0.39, 0.29) is 67.2 Å². The van der Waals surface area contributed by atoms with E-state index in [9.17, 15) is 28.8 Å². The molecule has 12 nitrogen and oxygen atoms in total. The first-order valence-electron chi connectivity index (χ1n) is 17.9. The van der Waals surface area contributed by atoms with Crippen LogP contribution in [-0.2, 0) is 35.2 Å².